The van der Waals surface area contributed by atoms with Gasteiger partial charge in [-0.1, -0.05) is 32.1 Å². The molecule has 1 saturated heterocycles. The molecule has 24 heavy (non-hydrogen) atoms. The second kappa shape index (κ2) is 10.7. The molecule has 1 heterocycles. The lowest BCUT2D eigenvalue weighted by Crippen LogP contribution is -2.49. The van der Waals surface area contributed by atoms with E-state index >= 15 is 0 Å². The Morgan fingerprint density at radius 2 is 1.75 bits per heavy atom. The molecule has 1 atom stereocenters. The van der Waals surface area contributed by atoms with Crippen molar-refractivity contribution in [2.45, 2.75) is 83.1 Å². The van der Waals surface area contributed by atoms with E-state index in [-0.39, 0.29) is 17.9 Å². The van der Waals surface area contributed by atoms with Crippen LogP contribution in [0.5, 0.6) is 0 Å². The zero-order valence-electron chi connectivity index (χ0n) is 15.1. The largest absolute Gasteiger partial charge is 0.354 e. The number of amides is 2. The Morgan fingerprint density at radius 3 is 2.50 bits per heavy atom. The van der Waals surface area contributed by atoms with Crippen LogP contribution in [0.1, 0.15) is 77.0 Å². The molecule has 2 aliphatic rings. The molecule has 1 unspecified atom stereocenters. The quantitative estimate of drug-likeness (QED) is 0.715. The molecule has 3 N–H and O–H groups in total. The number of nitrogens with two attached hydrogens (primary N) is 1. The Balaban J connectivity index is 1.71. The van der Waals surface area contributed by atoms with E-state index in [1.54, 1.807) is 0 Å². The van der Waals surface area contributed by atoms with Crippen LogP contribution in [-0.4, -0.2) is 42.4 Å². The van der Waals surface area contributed by atoms with Gasteiger partial charge in [-0.2, -0.15) is 0 Å². The van der Waals surface area contributed by atoms with Crippen molar-refractivity contribution in [3.8, 4) is 0 Å². The lowest BCUT2D eigenvalue weighted by atomic mass is 9.85. The van der Waals surface area contributed by atoms with Crippen LogP contribution in [0.25, 0.3) is 0 Å². The molecule has 138 valence electrons. The highest BCUT2D eigenvalue weighted by Crippen LogP contribution is 2.28. The third kappa shape index (κ3) is 6.42. The predicted molar refractivity (Wildman–Crippen MR) is 96.5 cm³/mol. The lowest BCUT2D eigenvalue weighted by Gasteiger charge is -2.36. The molecule has 0 radical (unpaired) electrons. The van der Waals surface area contributed by atoms with Crippen LogP contribution in [0, 0.1) is 5.92 Å². The number of carbonyl (C=O) groups excluding carboxylic acids is 2. The summed E-state index contributed by atoms with van der Waals surface area (Å²) >= 11 is 0. The maximum atomic E-state index is 12.6. The Bertz CT molecular complexity index is 394. The minimum Gasteiger partial charge on any atom is -0.354 e. The van der Waals surface area contributed by atoms with Gasteiger partial charge in [0.25, 0.3) is 0 Å². The second-order valence-corrected chi connectivity index (χ2v) is 7.48. The van der Waals surface area contributed by atoms with Gasteiger partial charge in [-0.25, -0.2) is 0 Å². The van der Waals surface area contributed by atoms with E-state index in [9.17, 15) is 9.59 Å². The molecular weight excluding hydrogens is 302 g/mol. The first-order valence-electron chi connectivity index (χ1n) is 9.97. The number of likely N-dealkylation sites (tertiary alicyclic amines) is 1. The van der Waals surface area contributed by atoms with E-state index in [0.29, 0.717) is 25.9 Å². The van der Waals surface area contributed by atoms with E-state index in [1.165, 1.54) is 38.5 Å². The van der Waals surface area contributed by atoms with Gasteiger partial charge in [0.05, 0.1) is 0 Å². The topological polar surface area (TPSA) is 75.4 Å². The van der Waals surface area contributed by atoms with Crippen LogP contribution in [0.15, 0.2) is 0 Å². The summed E-state index contributed by atoms with van der Waals surface area (Å²) in [7, 11) is 0. The molecule has 0 aromatic heterocycles. The van der Waals surface area contributed by atoms with Crippen molar-refractivity contribution in [2.75, 3.05) is 19.6 Å². The molecule has 0 aromatic carbocycles. The van der Waals surface area contributed by atoms with Gasteiger partial charge in [0.2, 0.25) is 11.8 Å². The first kappa shape index (κ1) is 19.2. The van der Waals surface area contributed by atoms with Crippen molar-refractivity contribution in [3.63, 3.8) is 0 Å². The second-order valence-electron chi connectivity index (χ2n) is 7.48. The molecule has 5 nitrogen and oxygen atoms in total. The van der Waals surface area contributed by atoms with E-state index in [0.717, 1.165) is 38.1 Å². The van der Waals surface area contributed by atoms with Crippen LogP contribution in [0.4, 0.5) is 0 Å². The van der Waals surface area contributed by atoms with Crippen LogP contribution < -0.4 is 11.1 Å². The summed E-state index contributed by atoms with van der Waals surface area (Å²) in [6, 6.07) is 0.169. The minimum absolute atomic E-state index is 0.00669. The summed E-state index contributed by atoms with van der Waals surface area (Å²) in [6.07, 6.45) is 13.3. The first-order valence-corrected chi connectivity index (χ1v) is 9.97. The normalized spacial score (nSPS) is 22.4. The minimum atomic E-state index is -0.00669. The van der Waals surface area contributed by atoms with Crippen molar-refractivity contribution in [2.24, 2.45) is 11.7 Å². The van der Waals surface area contributed by atoms with E-state index < -0.39 is 0 Å². The molecule has 0 spiro atoms. The zero-order valence-corrected chi connectivity index (χ0v) is 15.1. The van der Waals surface area contributed by atoms with Gasteiger partial charge in [-0.3, -0.25) is 9.59 Å². The fourth-order valence-corrected chi connectivity index (χ4v) is 4.15. The van der Waals surface area contributed by atoms with Crippen molar-refractivity contribution in [3.05, 3.63) is 0 Å². The summed E-state index contributed by atoms with van der Waals surface area (Å²) in [5, 5.41) is 2.93. The van der Waals surface area contributed by atoms with Crippen LogP contribution in [0.2, 0.25) is 0 Å². The van der Waals surface area contributed by atoms with Gasteiger partial charge in [-0.15, -0.1) is 0 Å². The molecule has 5 heteroatoms. The van der Waals surface area contributed by atoms with Gasteiger partial charge < -0.3 is 16.0 Å². The number of nitrogens with one attached hydrogen (secondary N) is 1. The summed E-state index contributed by atoms with van der Waals surface area (Å²) in [6.45, 7) is 1.80. The summed E-state index contributed by atoms with van der Waals surface area (Å²) in [5.41, 5.74) is 5.40. The third-order valence-corrected chi connectivity index (χ3v) is 5.58. The highest BCUT2D eigenvalue weighted by atomic mass is 16.2. The number of nitrogens with zero attached hydrogens (tertiary/aromatic N) is 1. The van der Waals surface area contributed by atoms with Gasteiger partial charge in [0, 0.05) is 38.5 Å². The highest BCUT2D eigenvalue weighted by Gasteiger charge is 2.26. The van der Waals surface area contributed by atoms with Crippen molar-refractivity contribution in [1.82, 2.24) is 10.2 Å². The molecular formula is C19H35N3O2. The molecule has 2 fully saturated rings. The van der Waals surface area contributed by atoms with Gasteiger partial charge in [0.15, 0.2) is 0 Å². The fraction of sp³-hybridized carbons (Fsp3) is 0.895. The highest BCUT2D eigenvalue weighted by molar-refractivity contribution is 5.77. The van der Waals surface area contributed by atoms with Gasteiger partial charge in [0.1, 0.15) is 0 Å². The van der Waals surface area contributed by atoms with Crippen molar-refractivity contribution >= 4 is 11.8 Å². The predicted octanol–water partition coefficient (Wildman–Crippen LogP) is 2.58. The van der Waals surface area contributed by atoms with Gasteiger partial charge in [-0.05, 0) is 38.0 Å². The fourth-order valence-electron chi connectivity index (χ4n) is 4.15. The average molecular weight is 338 g/mol. The Morgan fingerprint density at radius 1 is 1.00 bits per heavy atom. The Labute approximate surface area is 146 Å². The molecule has 1 aliphatic carbocycles. The molecule has 2 amide bonds. The summed E-state index contributed by atoms with van der Waals surface area (Å²) in [4.78, 5) is 26.2. The number of piperidine rings is 1. The number of rotatable bonds is 8. The zero-order chi connectivity index (χ0) is 17.2. The Hall–Kier alpha value is -1.10. The number of hydrogen-bond donors (Lipinski definition) is 2. The Kier molecular flexibility index (Phi) is 8.57. The van der Waals surface area contributed by atoms with Crippen molar-refractivity contribution in [1.29, 1.82) is 0 Å². The van der Waals surface area contributed by atoms with Gasteiger partial charge >= 0.3 is 0 Å². The molecule has 0 bridgehead atoms. The van der Waals surface area contributed by atoms with E-state index in [2.05, 4.69) is 5.32 Å². The molecule has 0 aromatic rings. The summed E-state index contributed by atoms with van der Waals surface area (Å²) < 4.78 is 0. The molecule has 1 aliphatic heterocycles. The van der Waals surface area contributed by atoms with Crippen LogP contribution in [0.3, 0.4) is 0 Å². The average Bonchev–Trinajstić information content (AvgIpc) is 2.61. The lowest BCUT2D eigenvalue weighted by molar-refractivity contribution is -0.135. The standard InChI is InChI=1S/C19H35N3O2/c20-13-12-18(23)21-15-17-10-4-5-14-22(17)19(24)11-6-9-16-7-2-1-3-8-16/h16-17H,1-15,20H2,(H,21,23). The summed E-state index contributed by atoms with van der Waals surface area (Å²) in [5.74, 6) is 1.12. The van der Waals surface area contributed by atoms with Crippen LogP contribution in [-0.2, 0) is 9.59 Å². The third-order valence-electron chi connectivity index (χ3n) is 5.58. The maximum Gasteiger partial charge on any atom is 0.222 e. The van der Waals surface area contributed by atoms with E-state index in [4.69, 9.17) is 5.73 Å². The monoisotopic (exact) mass is 337 g/mol. The van der Waals surface area contributed by atoms with E-state index in [1.807, 2.05) is 4.90 Å². The van der Waals surface area contributed by atoms with Crippen molar-refractivity contribution < 1.29 is 9.59 Å². The number of hydrogen-bond acceptors (Lipinski definition) is 3. The SMILES string of the molecule is NCCC(=O)NCC1CCCCN1C(=O)CCCC1CCCCC1. The maximum absolute atomic E-state index is 12.6. The molecule has 1 saturated carbocycles. The number of carbonyl (C=O) groups is 2. The smallest absolute Gasteiger partial charge is 0.222 e. The molecule has 2 rings (SSSR count). The first-order chi connectivity index (χ1) is 11.7. The van der Waals surface area contributed by atoms with Crippen LogP contribution >= 0.6 is 0 Å².